The minimum absolute atomic E-state index is 0.0591. The summed E-state index contributed by atoms with van der Waals surface area (Å²) < 4.78 is 0. The molecule has 1 unspecified atom stereocenters. The lowest BCUT2D eigenvalue weighted by Gasteiger charge is -2.11. The van der Waals surface area contributed by atoms with Gasteiger partial charge in [-0.3, -0.25) is 9.59 Å². The summed E-state index contributed by atoms with van der Waals surface area (Å²) in [7, 11) is 0. The van der Waals surface area contributed by atoms with Crippen molar-refractivity contribution in [3.63, 3.8) is 0 Å². The molecule has 0 bridgehead atoms. The molecule has 0 saturated heterocycles. The Hall–Kier alpha value is -1.36. The Morgan fingerprint density at radius 1 is 1.29 bits per heavy atom. The third kappa shape index (κ3) is 6.29. The number of amides is 2. The van der Waals surface area contributed by atoms with Gasteiger partial charge in [-0.1, -0.05) is 47.0 Å². The minimum Gasteiger partial charge on any atom is -0.355 e. The van der Waals surface area contributed by atoms with Crippen LogP contribution in [0.4, 0.5) is 5.69 Å². The number of hydrogen-bond acceptors (Lipinski definition) is 2. The monoisotopic (exact) mass is 354 g/mol. The summed E-state index contributed by atoms with van der Waals surface area (Å²) in [5.74, 6) is -0.153. The molecule has 1 rings (SSSR count). The van der Waals surface area contributed by atoms with E-state index in [9.17, 15) is 9.59 Å². The van der Waals surface area contributed by atoms with E-state index in [2.05, 4.69) is 26.6 Å². The second-order valence-corrected chi connectivity index (χ2v) is 6.27. The van der Waals surface area contributed by atoms with Crippen molar-refractivity contribution in [2.75, 3.05) is 11.9 Å². The third-order valence-corrected chi connectivity index (χ3v) is 4.01. The molecule has 0 saturated carbocycles. The zero-order valence-corrected chi connectivity index (χ0v) is 14.4. The van der Waals surface area contributed by atoms with Crippen molar-refractivity contribution >= 4 is 33.4 Å². The van der Waals surface area contributed by atoms with Crippen LogP contribution >= 0.6 is 15.9 Å². The average Bonchev–Trinajstić information content (AvgIpc) is 2.42. The van der Waals surface area contributed by atoms with Gasteiger partial charge in [0.1, 0.15) is 0 Å². The molecule has 2 N–H and O–H groups in total. The fourth-order valence-corrected chi connectivity index (χ4v) is 2.58. The third-order valence-electron chi connectivity index (χ3n) is 3.13. The number of aryl methyl sites for hydroxylation is 2. The van der Waals surface area contributed by atoms with Gasteiger partial charge in [0, 0.05) is 18.7 Å². The molecule has 0 aliphatic rings. The van der Waals surface area contributed by atoms with Crippen molar-refractivity contribution in [3.05, 3.63) is 29.3 Å². The standard InChI is InChI=1S/C16H23BrN2O2/c1-4-5-13(17)16(21)18-9-8-15(20)19-14-7-6-11(2)10-12(14)3/h6-7,10,13H,4-5,8-9H2,1-3H3,(H,18,21)(H,19,20). The second kappa shape index (κ2) is 8.82. The molecule has 0 radical (unpaired) electrons. The van der Waals surface area contributed by atoms with Crippen molar-refractivity contribution in [2.45, 2.75) is 44.9 Å². The number of benzene rings is 1. The number of hydrogen-bond donors (Lipinski definition) is 2. The van der Waals surface area contributed by atoms with Gasteiger partial charge in [0.15, 0.2) is 0 Å². The average molecular weight is 355 g/mol. The largest absolute Gasteiger partial charge is 0.355 e. The van der Waals surface area contributed by atoms with Gasteiger partial charge < -0.3 is 10.6 Å². The van der Waals surface area contributed by atoms with E-state index in [4.69, 9.17) is 0 Å². The molecule has 0 spiro atoms. The predicted octanol–water partition coefficient (Wildman–Crippen LogP) is 3.31. The number of anilines is 1. The van der Waals surface area contributed by atoms with Gasteiger partial charge in [0.25, 0.3) is 0 Å². The Morgan fingerprint density at radius 3 is 2.62 bits per heavy atom. The van der Waals surface area contributed by atoms with Gasteiger partial charge in [-0.15, -0.1) is 0 Å². The topological polar surface area (TPSA) is 58.2 Å². The molecule has 116 valence electrons. The Balaban J connectivity index is 2.36. The maximum absolute atomic E-state index is 11.9. The maximum Gasteiger partial charge on any atom is 0.233 e. The molecule has 4 nitrogen and oxygen atoms in total. The van der Waals surface area contributed by atoms with Crippen LogP contribution in [0.3, 0.4) is 0 Å². The van der Waals surface area contributed by atoms with Crippen LogP contribution in [0.5, 0.6) is 0 Å². The molecule has 0 aromatic heterocycles. The van der Waals surface area contributed by atoms with Crippen LogP contribution < -0.4 is 10.6 Å². The van der Waals surface area contributed by atoms with Gasteiger partial charge in [0.05, 0.1) is 4.83 Å². The molecule has 1 atom stereocenters. The molecule has 1 aromatic carbocycles. The molecule has 0 heterocycles. The lowest BCUT2D eigenvalue weighted by Crippen LogP contribution is -2.33. The van der Waals surface area contributed by atoms with Gasteiger partial charge in [-0.25, -0.2) is 0 Å². The lowest BCUT2D eigenvalue weighted by molar-refractivity contribution is -0.120. The summed E-state index contributed by atoms with van der Waals surface area (Å²) in [6.45, 7) is 6.35. The molecular weight excluding hydrogens is 332 g/mol. The van der Waals surface area contributed by atoms with Gasteiger partial charge >= 0.3 is 0 Å². The van der Waals surface area contributed by atoms with Crippen LogP contribution in [0.2, 0.25) is 0 Å². The Morgan fingerprint density at radius 2 is 2.00 bits per heavy atom. The van der Waals surface area contributed by atoms with E-state index < -0.39 is 0 Å². The summed E-state index contributed by atoms with van der Waals surface area (Å²) >= 11 is 3.33. The summed E-state index contributed by atoms with van der Waals surface area (Å²) in [6, 6.07) is 5.89. The van der Waals surface area contributed by atoms with Crippen LogP contribution in [0, 0.1) is 13.8 Å². The Labute approximate surface area is 134 Å². The van der Waals surface area contributed by atoms with E-state index in [0.717, 1.165) is 29.7 Å². The number of carbonyl (C=O) groups is 2. The van der Waals surface area contributed by atoms with Crippen LogP contribution in [0.1, 0.15) is 37.3 Å². The summed E-state index contributed by atoms with van der Waals surface area (Å²) in [4.78, 5) is 23.4. The lowest BCUT2D eigenvalue weighted by atomic mass is 10.1. The minimum atomic E-state index is -0.176. The van der Waals surface area contributed by atoms with Crippen molar-refractivity contribution in [3.8, 4) is 0 Å². The smallest absolute Gasteiger partial charge is 0.233 e. The van der Waals surface area contributed by atoms with Gasteiger partial charge in [-0.05, 0) is 31.9 Å². The molecular formula is C16H23BrN2O2. The van der Waals surface area contributed by atoms with Gasteiger partial charge in [0.2, 0.25) is 11.8 Å². The van der Waals surface area contributed by atoms with Crippen molar-refractivity contribution in [2.24, 2.45) is 0 Å². The van der Waals surface area contributed by atoms with Crippen molar-refractivity contribution in [1.82, 2.24) is 5.32 Å². The quantitative estimate of drug-likeness (QED) is 0.738. The maximum atomic E-state index is 11.9. The normalized spacial score (nSPS) is 11.8. The molecule has 5 heteroatoms. The highest BCUT2D eigenvalue weighted by molar-refractivity contribution is 9.10. The number of alkyl halides is 1. The first kappa shape index (κ1) is 17.7. The van der Waals surface area contributed by atoms with E-state index in [-0.39, 0.29) is 23.1 Å². The highest BCUT2D eigenvalue weighted by atomic mass is 79.9. The molecule has 2 amide bonds. The first-order chi connectivity index (χ1) is 9.93. The van der Waals surface area contributed by atoms with Crippen LogP contribution in [0.25, 0.3) is 0 Å². The van der Waals surface area contributed by atoms with Crippen molar-refractivity contribution in [1.29, 1.82) is 0 Å². The SMILES string of the molecule is CCCC(Br)C(=O)NCCC(=O)Nc1ccc(C)cc1C. The Kier molecular flexibility index (Phi) is 7.43. The van der Waals surface area contributed by atoms with E-state index in [1.165, 1.54) is 0 Å². The van der Waals surface area contributed by atoms with Gasteiger partial charge in [-0.2, -0.15) is 0 Å². The van der Waals surface area contributed by atoms with E-state index in [1.807, 2.05) is 39.0 Å². The van der Waals surface area contributed by atoms with E-state index >= 15 is 0 Å². The predicted molar refractivity (Wildman–Crippen MR) is 89.8 cm³/mol. The van der Waals surface area contributed by atoms with Crippen LogP contribution in [-0.4, -0.2) is 23.2 Å². The summed E-state index contributed by atoms with van der Waals surface area (Å²) in [5, 5.41) is 5.62. The fraction of sp³-hybridized carbons (Fsp3) is 0.500. The molecule has 0 aliphatic heterocycles. The first-order valence-electron chi connectivity index (χ1n) is 7.23. The number of rotatable bonds is 7. The second-order valence-electron chi connectivity index (χ2n) is 5.16. The molecule has 0 fully saturated rings. The fourth-order valence-electron chi connectivity index (χ4n) is 1.96. The molecule has 0 aliphatic carbocycles. The zero-order valence-electron chi connectivity index (χ0n) is 12.8. The number of nitrogens with one attached hydrogen (secondary N) is 2. The highest BCUT2D eigenvalue weighted by Gasteiger charge is 2.13. The first-order valence-corrected chi connectivity index (χ1v) is 8.14. The molecule has 1 aromatic rings. The summed E-state index contributed by atoms with van der Waals surface area (Å²) in [6.07, 6.45) is 2.00. The zero-order chi connectivity index (χ0) is 15.8. The highest BCUT2D eigenvalue weighted by Crippen LogP contribution is 2.16. The number of halogens is 1. The van der Waals surface area contributed by atoms with E-state index in [1.54, 1.807) is 0 Å². The number of carbonyl (C=O) groups excluding carboxylic acids is 2. The van der Waals surface area contributed by atoms with Crippen molar-refractivity contribution < 1.29 is 9.59 Å². The summed E-state index contributed by atoms with van der Waals surface area (Å²) in [5.41, 5.74) is 3.02. The van der Waals surface area contributed by atoms with Crippen LogP contribution in [-0.2, 0) is 9.59 Å². The molecule has 21 heavy (non-hydrogen) atoms. The van der Waals surface area contributed by atoms with E-state index in [0.29, 0.717) is 6.54 Å². The Bertz CT molecular complexity index is 503. The van der Waals surface area contributed by atoms with Crippen LogP contribution in [0.15, 0.2) is 18.2 Å².